The van der Waals surface area contributed by atoms with E-state index in [2.05, 4.69) is 6.58 Å². The summed E-state index contributed by atoms with van der Waals surface area (Å²) in [6, 6.07) is 6.82. The fourth-order valence-electron chi connectivity index (χ4n) is 6.88. The molecule has 0 saturated carbocycles. The zero-order valence-electron chi connectivity index (χ0n) is 27.2. The van der Waals surface area contributed by atoms with E-state index in [-0.39, 0.29) is 25.6 Å². The predicted octanol–water partition coefficient (Wildman–Crippen LogP) is -1.04. The van der Waals surface area contributed by atoms with Gasteiger partial charge >= 0.3 is 0 Å². The molecule has 0 aromatic heterocycles. The number of fused-ring (bicyclic) bond motifs is 6. The second-order valence-corrected chi connectivity index (χ2v) is 12.9. The summed E-state index contributed by atoms with van der Waals surface area (Å²) in [6.45, 7) is 3.35. The highest BCUT2D eigenvalue weighted by Crippen LogP contribution is 2.50. The third-order valence-corrected chi connectivity index (χ3v) is 9.76. The lowest BCUT2D eigenvalue weighted by molar-refractivity contribution is -0.319. The molecule has 0 unspecified atom stereocenters. The summed E-state index contributed by atoms with van der Waals surface area (Å²) in [5, 5.41) is 61.2. The van der Waals surface area contributed by atoms with Gasteiger partial charge in [0, 0.05) is 23.6 Å². The van der Waals surface area contributed by atoms with E-state index in [1.54, 1.807) is 24.3 Å². The number of aliphatic hydroxyl groups is 6. The highest BCUT2D eigenvalue weighted by molar-refractivity contribution is 6.06. The Kier molecular flexibility index (Phi) is 9.68. The van der Waals surface area contributed by atoms with Crippen LogP contribution in [0.1, 0.15) is 27.4 Å². The van der Waals surface area contributed by atoms with E-state index in [0.717, 1.165) is 0 Å². The molecule has 0 bridgehead atoms. The molecule has 6 N–H and O–H groups in total. The van der Waals surface area contributed by atoms with Crippen LogP contribution in [0.4, 0.5) is 0 Å². The first-order valence-electron chi connectivity index (χ1n) is 16.2. The molecule has 0 amide bonds. The van der Waals surface area contributed by atoms with E-state index in [9.17, 15) is 35.4 Å². The van der Waals surface area contributed by atoms with Crippen molar-refractivity contribution in [3.8, 4) is 28.7 Å². The fraction of sp³-hybridized carbons (Fsp3) is 0.559. The first-order chi connectivity index (χ1) is 24.0. The standard InChI is InChI=1S/C34H40O16/c1-13(9-45-34-31(41)29(39)28(38)24(50-34)12-47-33-30(40)27(37)17(35)10-46-33)19-7-16-18(48-19)5-4-14-26(36)25-15-6-21(42-2)22(43-3)8-20(15)44-11-23(25)49-32(14)16/h4-6,8,17,19,23-25,27-31,33-35,37-41H,1,7,9-12H2,2-3H3/t17-,19+,23+,24+,25-,27-,28+,29-,30+,31+,33-,34+/m0/s1. The van der Waals surface area contributed by atoms with Crippen LogP contribution in [0.15, 0.2) is 36.4 Å². The molecular weight excluding hydrogens is 664 g/mol. The van der Waals surface area contributed by atoms with Crippen LogP contribution >= 0.6 is 0 Å². The summed E-state index contributed by atoms with van der Waals surface area (Å²) >= 11 is 0. The third kappa shape index (κ3) is 6.08. The molecule has 16 heteroatoms. The Morgan fingerprint density at radius 3 is 2.36 bits per heavy atom. The first-order valence-corrected chi connectivity index (χ1v) is 16.2. The van der Waals surface area contributed by atoms with E-state index in [0.29, 0.717) is 57.4 Å². The molecule has 5 heterocycles. The average Bonchev–Trinajstić information content (AvgIpc) is 3.57. The van der Waals surface area contributed by atoms with Crippen molar-refractivity contribution in [3.63, 3.8) is 0 Å². The highest BCUT2D eigenvalue weighted by Gasteiger charge is 2.48. The summed E-state index contributed by atoms with van der Waals surface area (Å²) in [7, 11) is 3.04. The molecule has 16 nitrogen and oxygen atoms in total. The van der Waals surface area contributed by atoms with E-state index in [1.165, 1.54) is 14.2 Å². The minimum Gasteiger partial charge on any atom is -0.493 e. The number of ether oxygens (including phenoxy) is 9. The van der Waals surface area contributed by atoms with E-state index in [4.69, 9.17) is 42.6 Å². The molecule has 2 aromatic rings. The Morgan fingerprint density at radius 1 is 0.860 bits per heavy atom. The summed E-state index contributed by atoms with van der Waals surface area (Å²) in [4.78, 5) is 13.9. The molecule has 5 aliphatic rings. The number of carbonyl (C=O) groups is 1. The van der Waals surface area contributed by atoms with E-state index >= 15 is 0 Å². The maximum absolute atomic E-state index is 13.9. The van der Waals surface area contributed by atoms with Gasteiger partial charge in [0.25, 0.3) is 0 Å². The lowest BCUT2D eigenvalue weighted by atomic mass is 9.81. The van der Waals surface area contributed by atoms with Gasteiger partial charge in [-0.3, -0.25) is 4.79 Å². The highest BCUT2D eigenvalue weighted by atomic mass is 16.7. The summed E-state index contributed by atoms with van der Waals surface area (Å²) in [5.74, 6) is 1.67. The smallest absolute Gasteiger partial charge is 0.187 e. The number of Topliss-reactive ketones (excluding diaryl/α,β-unsaturated/α-hetero) is 1. The lowest BCUT2D eigenvalue weighted by Gasteiger charge is -2.41. The monoisotopic (exact) mass is 704 g/mol. The Labute approximate surface area is 286 Å². The van der Waals surface area contributed by atoms with Gasteiger partial charge in [-0.1, -0.05) is 6.58 Å². The number of benzene rings is 2. The minimum atomic E-state index is -1.67. The summed E-state index contributed by atoms with van der Waals surface area (Å²) in [5.41, 5.74) is 2.20. The quantitative estimate of drug-likeness (QED) is 0.172. The predicted molar refractivity (Wildman–Crippen MR) is 167 cm³/mol. The van der Waals surface area contributed by atoms with Crippen LogP contribution < -0.4 is 23.7 Å². The number of hydrogen-bond acceptors (Lipinski definition) is 16. The van der Waals surface area contributed by atoms with Crippen molar-refractivity contribution in [3.05, 3.63) is 53.1 Å². The van der Waals surface area contributed by atoms with E-state index in [1.807, 2.05) is 0 Å². The van der Waals surface area contributed by atoms with Crippen LogP contribution in [0.25, 0.3) is 0 Å². The Balaban J connectivity index is 0.993. The van der Waals surface area contributed by atoms with Crippen LogP contribution in [0.3, 0.4) is 0 Å². The van der Waals surface area contributed by atoms with Crippen molar-refractivity contribution in [1.82, 2.24) is 0 Å². The van der Waals surface area contributed by atoms with Crippen molar-refractivity contribution in [2.45, 2.75) is 79.9 Å². The van der Waals surface area contributed by atoms with Crippen molar-refractivity contribution < 1.29 is 78.1 Å². The average molecular weight is 705 g/mol. The van der Waals surface area contributed by atoms with Crippen molar-refractivity contribution in [2.24, 2.45) is 0 Å². The maximum Gasteiger partial charge on any atom is 0.187 e. The summed E-state index contributed by atoms with van der Waals surface area (Å²) in [6.07, 6.45) is -14.1. The SMILES string of the molecule is C=C(CO[C@@H]1O[C@H](CO[C@@H]2OC[C@H](O)[C@H](O)[C@H]2O)[C@@H](O)[C@H](O)[C@H]1O)[C@H]1Cc2c(ccc3c2O[C@@H]2COc4cc(OC)c(OC)cc4[C@@H]2C3=O)O1. The largest absolute Gasteiger partial charge is 0.493 e. The molecule has 50 heavy (non-hydrogen) atoms. The number of hydrogen-bond donors (Lipinski definition) is 6. The second-order valence-electron chi connectivity index (χ2n) is 12.9. The molecule has 2 fully saturated rings. The molecule has 0 aliphatic carbocycles. The van der Waals surface area contributed by atoms with Crippen LogP contribution in [-0.2, 0) is 25.4 Å². The first kappa shape index (κ1) is 34.9. The zero-order chi connectivity index (χ0) is 35.4. The third-order valence-electron chi connectivity index (χ3n) is 9.76. The number of ketones is 1. The number of methoxy groups -OCH3 is 2. The van der Waals surface area contributed by atoms with Gasteiger partial charge in [-0.25, -0.2) is 0 Å². The van der Waals surface area contributed by atoms with Gasteiger partial charge in [-0.15, -0.1) is 0 Å². The van der Waals surface area contributed by atoms with Gasteiger partial charge in [-0.05, 0) is 23.8 Å². The molecule has 272 valence electrons. The zero-order valence-corrected chi connectivity index (χ0v) is 27.2. The number of carbonyl (C=O) groups excluding carboxylic acids is 1. The Bertz CT molecular complexity index is 1610. The van der Waals surface area contributed by atoms with Crippen molar-refractivity contribution in [2.75, 3.05) is 40.6 Å². The van der Waals surface area contributed by atoms with E-state index < -0.39 is 80.0 Å². The van der Waals surface area contributed by atoms with Crippen LogP contribution in [0, 0.1) is 0 Å². The van der Waals surface area contributed by atoms with Crippen LogP contribution in [0.5, 0.6) is 28.7 Å². The van der Waals surface area contributed by atoms with Gasteiger partial charge in [-0.2, -0.15) is 0 Å². The van der Waals surface area contributed by atoms with Crippen molar-refractivity contribution in [1.29, 1.82) is 0 Å². The lowest BCUT2D eigenvalue weighted by Crippen LogP contribution is -2.60. The second kappa shape index (κ2) is 13.9. The molecule has 2 aromatic carbocycles. The minimum absolute atomic E-state index is 0.123. The molecular formula is C34H40O16. The summed E-state index contributed by atoms with van der Waals surface area (Å²) < 4.78 is 51.5. The number of rotatable bonds is 9. The Hall–Kier alpha value is -3.55. The fourth-order valence-corrected chi connectivity index (χ4v) is 6.88. The van der Waals surface area contributed by atoms with Gasteiger partial charge in [0.2, 0.25) is 0 Å². The molecule has 12 atom stereocenters. The molecule has 5 aliphatic heterocycles. The molecule has 7 rings (SSSR count). The molecule has 0 spiro atoms. The topological polar surface area (TPSA) is 222 Å². The normalized spacial score (nSPS) is 35.7. The van der Waals surface area contributed by atoms with Crippen LogP contribution in [-0.4, -0.2) is 145 Å². The molecule has 2 saturated heterocycles. The van der Waals surface area contributed by atoms with Gasteiger partial charge in [0.05, 0.1) is 45.5 Å². The van der Waals surface area contributed by atoms with Gasteiger partial charge in [0.15, 0.2) is 29.9 Å². The van der Waals surface area contributed by atoms with Crippen molar-refractivity contribution >= 4 is 5.78 Å². The Morgan fingerprint density at radius 2 is 1.60 bits per heavy atom. The maximum atomic E-state index is 13.9. The van der Waals surface area contributed by atoms with Crippen LogP contribution in [0.2, 0.25) is 0 Å². The van der Waals surface area contributed by atoms with Gasteiger partial charge < -0.3 is 73.3 Å². The number of aliphatic hydroxyl groups excluding tert-OH is 6. The molecule has 0 radical (unpaired) electrons. The van der Waals surface area contributed by atoms with Gasteiger partial charge in [0.1, 0.15) is 78.8 Å².